The number of likely N-dealkylation sites (tertiary alicyclic amines) is 1. The molecule has 0 N–H and O–H groups in total. The van der Waals surface area contributed by atoms with Gasteiger partial charge in [0.05, 0.1) is 0 Å². The van der Waals surface area contributed by atoms with E-state index in [0.717, 1.165) is 6.04 Å². The maximum atomic E-state index is 2.72. The van der Waals surface area contributed by atoms with E-state index in [2.05, 4.69) is 18.7 Å². The van der Waals surface area contributed by atoms with Crippen molar-refractivity contribution < 1.29 is 0 Å². The second-order valence-electron chi connectivity index (χ2n) is 6.75. The van der Waals surface area contributed by atoms with Crippen LogP contribution in [0.3, 0.4) is 0 Å². The maximum absolute atomic E-state index is 2.72. The van der Waals surface area contributed by atoms with Crippen molar-refractivity contribution in [1.29, 1.82) is 0 Å². The van der Waals surface area contributed by atoms with Crippen LogP contribution in [-0.4, -0.2) is 24.0 Å². The zero-order valence-electron chi connectivity index (χ0n) is 14.3. The number of hydrogen-bond donors (Lipinski definition) is 0. The molecule has 120 valence electrons. The molecular weight excluding hydrogens is 242 g/mol. The molecule has 1 nitrogen and oxygen atoms in total. The normalized spacial score (nSPS) is 20.4. The van der Waals surface area contributed by atoms with Crippen molar-refractivity contribution in [3.63, 3.8) is 0 Å². The Bertz CT molecular complexity index is 202. The lowest BCUT2D eigenvalue weighted by molar-refractivity contribution is 0.145. The van der Waals surface area contributed by atoms with Gasteiger partial charge in [0.2, 0.25) is 0 Å². The van der Waals surface area contributed by atoms with E-state index in [1.165, 1.54) is 103 Å². The monoisotopic (exact) mass is 281 g/mol. The summed E-state index contributed by atoms with van der Waals surface area (Å²) in [5, 5.41) is 0. The molecule has 0 amide bonds. The van der Waals surface area contributed by atoms with Crippen LogP contribution < -0.4 is 0 Å². The summed E-state index contributed by atoms with van der Waals surface area (Å²) >= 11 is 0. The van der Waals surface area contributed by atoms with Crippen LogP contribution in [0.15, 0.2) is 0 Å². The Morgan fingerprint density at radius 1 is 0.750 bits per heavy atom. The fraction of sp³-hybridized carbons (Fsp3) is 1.00. The summed E-state index contributed by atoms with van der Waals surface area (Å²) in [7, 11) is 0. The maximum Gasteiger partial charge on any atom is 0.00951 e. The molecule has 0 aromatic carbocycles. The molecule has 1 heteroatoms. The first-order valence-corrected chi connectivity index (χ1v) is 9.62. The van der Waals surface area contributed by atoms with E-state index < -0.39 is 0 Å². The molecule has 20 heavy (non-hydrogen) atoms. The lowest BCUT2D eigenvalue weighted by Crippen LogP contribution is -2.39. The Kier molecular flexibility index (Phi) is 11.4. The second kappa shape index (κ2) is 12.7. The minimum atomic E-state index is 0.919. The third kappa shape index (κ3) is 8.29. The number of nitrogens with zero attached hydrogens (tertiary/aromatic N) is 1. The van der Waals surface area contributed by atoms with Crippen molar-refractivity contribution in [1.82, 2.24) is 4.90 Å². The highest BCUT2D eigenvalue weighted by atomic mass is 15.2. The minimum absolute atomic E-state index is 0.919. The van der Waals surface area contributed by atoms with Crippen LogP contribution >= 0.6 is 0 Å². The van der Waals surface area contributed by atoms with Gasteiger partial charge in [-0.2, -0.15) is 0 Å². The minimum Gasteiger partial charge on any atom is -0.301 e. The highest BCUT2D eigenvalue weighted by molar-refractivity contribution is 4.75. The van der Waals surface area contributed by atoms with Crippen LogP contribution in [0, 0.1) is 0 Å². The van der Waals surface area contributed by atoms with E-state index >= 15 is 0 Å². The van der Waals surface area contributed by atoms with Gasteiger partial charge in [-0.3, -0.25) is 0 Å². The summed E-state index contributed by atoms with van der Waals surface area (Å²) in [6.45, 7) is 7.25. The van der Waals surface area contributed by atoms with Crippen molar-refractivity contribution in [3.8, 4) is 0 Å². The zero-order chi connectivity index (χ0) is 14.5. The van der Waals surface area contributed by atoms with Gasteiger partial charge < -0.3 is 4.90 Å². The second-order valence-corrected chi connectivity index (χ2v) is 6.75. The van der Waals surface area contributed by atoms with Crippen molar-refractivity contribution >= 4 is 0 Å². The van der Waals surface area contributed by atoms with Gasteiger partial charge in [0.15, 0.2) is 0 Å². The summed E-state index contributed by atoms with van der Waals surface area (Å²) in [6.07, 6.45) is 20.4. The zero-order valence-corrected chi connectivity index (χ0v) is 14.3. The smallest absolute Gasteiger partial charge is 0.00951 e. The molecule has 1 atom stereocenters. The molecule has 0 radical (unpaired) electrons. The van der Waals surface area contributed by atoms with Crippen LogP contribution in [-0.2, 0) is 0 Å². The number of piperidine rings is 1. The van der Waals surface area contributed by atoms with Crippen LogP contribution in [0.5, 0.6) is 0 Å². The van der Waals surface area contributed by atoms with E-state index in [-0.39, 0.29) is 0 Å². The van der Waals surface area contributed by atoms with E-state index in [1.54, 1.807) is 0 Å². The van der Waals surface area contributed by atoms with Gasteiger partial charge in [0.1, 0.15) is 0 Å². The molecule has 1 fully saturated rings. The van der Waals surface area contributed by atoms with Crippen LogP contribution in [0.4, 0.5) is 0 Å². The predicted molar refractivity (Wildman–Crippen MR) is 91.3 cm³/mol. The summed E-state index contributed by atoms with van der Waals surface area (Å²) < 4.78 is 0. The molecule has 1 heterocycles. The summed E-state index contributed by atoms with van der Waals surface area (Å²) in [5.74, 6) is 0. The summed E-state index contributed by atoms with van der Waals surface area (Å²) in [4.78, 5) is 2.72. The molecule has 0 saturated carbocycles. The van der Waals surface area contributed by atoms with Gasteiger partial charge in [-0.15, -0.1) is 0 Å². The standard InChI is InChI=1S/C19H39N/c1-3-5-6-7-8-9-10-11-12-13-16-19-17-14-15-18-20(19)4-2/h19H,3-18H2,1-2H3. The Hall–Kier alpha value is -0.0400. The predicted octanol–water partition coefficient (Wildman–Crippen LogP) is 6.17. The first-order valence-electron chi connectivity index (χ1n) is 9.62. The van der Waals surface area contributed by atoms with E-state index in [4.69, 9.17) is 0 Å². The van der Waals surface area contributed by atoms with Gasteiger partial charge in [-0.05, 0) is 32.4 Å². The molecular formula is C19H39N. The Morgan fingerprint density at radius 2 is 1.35 bits per heavy atom. The van der Waals surface area contributed by atoms with E-state index in [9.17, 15) is 0 Å². The number of rotatable bonds is 12. The van der Waals surface area contributed by atoms with Gasteiger partial charge in [0, 0.05) is 6.04 Å². The number of hydrogen-bond acceptors (Lipinski definition) is 1. The van der Waals surface area contributed by atoms with Crippen molar-refractivity contribution in [2.75, 3.05) is 13.1 Å². The van der Waals surface area contributed by atoms with Gasteiger partial charge >= 0.3 is 0 Å². The molecule has 1 saturated heterocycles. The summed E-state index contributed by atoms with van der Waals surface area (Å²) in [6, 6.07) is 0.919. The molecule has 1 unspecified atom stereocenters. The lowest BCUT2D eigenvalue weighted by Gasteiger charge is -2.35. The average Bonchev–Trinajstić information content (AvgIpc) is 2.49. The first-order chi connectivity index (χ1) is 9.88. The molecule has 1 aliphatic rings. The third-order valence-electron chi connectivity index (χ3n) is 5.05. The number of unbranched alkanes of at least 4 members (excludes halogenated alkanes) is 9. The Balaban J connectivity index is 1.86. The van der Waals surface area contributed by atoms with Crippen LogP contribution in [0.1, 0.15) is 104 Å². The SMILES string of the molecule is CCCCCCCCCCCCC1CCCCN1CC. The summed E-state index contributed by atoms with van der Waals surface area (Å²) in [5.41, 5.74) is 0. The largest absolute Gasteiger partial charge is 0.301 e. The highest BCUT2D eigenvalue weighted by Crippen LogP contribution is 2.21. The molecule has 1 aliphatic heterocycles. The van der Waals surface area contributed by atoms with Crippen molar-refractivity contribution in [2.45, 2.75) is 110 Å². The molecule has 0 spiro atoms. The van der Waals surface area contributed by atoms with Crippen molar-refractivity contribution in [2.24, 2.45) is 0 Å². The van der Waals surface area contributed by atoms with Crippen LogP contribution in [0.25, 0.3) is 0 Å². The quantitative estimate of drug-likeness (QED) is 0.386. The van der Waals surface area contributed by atoms with Gasteiger partial charge in [-0.1, -0.05) is 84.5 Å². The fourth-order valence-corrected chi connectivity index (χ4v) is 3.67. The Labute approximate surface area is 128 Å². The van der Waals surface area contributed by atoms with E-state index in [1.807, 2.05) is 0 Å². The lowest BCUT2D eigenvalue weighted by atomic mass is 9.96. The fourth-order valence-electron chi connectivity index (χ4n) is 3.67. The highest BCUT2D eigenvalue weighted by Gasteiger charge is 2.19. The first kappa shape index (κ1) is 18.0. The average molecular weight is 282 g/mol. The molecule has 0 aromatic heterocycles. The topological polar surface area (TPSA) is 3.24 Å². The van der Waals surface area contributed by atoms with Gasteiger partial charge in [-0.25, -0.2) is 0 Å². The molecule has 0 bridgehead atoms. The van der Waals surface area contributed by atoms with E-state index in [0.29, 0.717) is 0 Å². The van der Waals surface area contributed by atoms with Gasteiger partial charge in [0.25, 0.3) is 0 Å². The molecule has 1 rings (SSSR count). The van der Waals surface area contributed by atoms with Crippen molar-refractivity contribution in [3.05, 3.63) is 0 Å². The molecule has 0 aliphatic carbocycles. The van der Waals surface area contributed by atoms with Crippen LogP contribution in [0.2, 0.25) is 0 Å². The third-order valence-corrected chi connectivity index (χ3v) is 5.05. The Morgan fingerprint density at radius 3 is 1.95 bits per heavy atom. The molecule has 0 aromatic rings.